The topological polar surface area (TPSA) is 32.3 Å². The molecule has 0 unspecified atom stereocenters. The highest BCUT2D eigenvalue weighted by molar-refractivity contribution is 5.94. The average Bonchev–Trinajstić information content (AvgIpc) is 2.48. The second kappa shape index (κ2) is 6.80. The highest BCUT2D eigenvalue weighted by Crippen LogP contribution is 2.38. The Hall–Kier alpha value is -1.06. The van der Waals surface area contributed by atoms with E-state index in [1.54, 1.807) is 0 Å². The lowest BCUT2D eigenvalue weighted by molar-refractivity contribution is 0.0411. The monoisotopic (exact) mass is 308 g/mol. The minimum atomic E-state index is 0. The molecule has 0 atom stereocenters. The molecule has 0 aliphatic carbocycles. The fourth-order valence-electron chi connectivity index (χ4n) is 3.63. The van der Waals surface area contributed by atoms with Crippen LogP contribution < -0.4 is 5.32 Å². The quantitative estimate of drug-likeness (QED) is 0.865. The molecule has 1 spiro atoms. The van der Waals surface area contributed by atoms with Gasteiger partial charge in [0.15, 0.2) is 0 Å². The SMILES string of the molecule is Cc1ccc(C(=O)N2CCCC3(CCNCC3)C2)cc1.Cl. The lowest BCUT2D eigenvalue weighted by Gasteiger charge is -2.45. The maximum absolute atomic E-state index is 12.6. The van der Waals surface area contributed by atoms with Crippen molar-refractivity contribution in [2.45, 2.75) is 32.6 Å². The van der Waals surface area contributed by atoms with Gasteiger partial charge in [-0.25, -0.2) is 0 Å². The number of rotatable bonds is 1. The van der Waals surface area contributed by atoms with Crippen molar-refractivity contribution in [2.75, 3.05) is 26.2 Å². The summed E-state index contributed by atoms with van der Waals surface area (Å²) < 4.78 is 0. The van der Waals surface area contributed by atoms with Crippen molar-refractivity contribution in [3.8, 4) is 0 Å². The van der Waals surface area contributed by atoms with E-state index in [1.807, 2.05) is 24.3 Å². The maximum Gasteiger partial charge on any atom is 0.253 e. The first-order valence-electron chi connectivity index (χ1n) is 7.75. The smallest absolute Gasteiger partial charge is 0.253 e. The van der Waals surface area contributed by atoms with Gasteiger partial charge in [-0.3, -0.25) is 4.79 Å². The number of hydrogen-bond donors (Lipinski definition) is 1. The van der Waals surface area contributed by atoms with E-state index in [4.69, 9.17) is 0 Å². The summed E-state index contributed by atoms with van der Waals surface area (Å²) in [7, 11) is 0. The van der Waals surface area contributed by atoms with Gasteiger partial charge in [-0.1, -0.05) is 17.7 Å². The third kappa shape index (κ3) is 3.58. The van der Waals surface area contributed by atoms with Crippen LogP contribution >= 0.6 is 12.4 Å². The van der Waals surface area contributed by atoms with Crippen LogP contribution in [0.3, 0.4) is 0 Å². The summed E-state index contributed by atoms with van der Waals surface area (Å²) in [6.45, 7) is 6.13. The van der Waals surface area contributed by atoms with Crippen LogP contribution in [0.5, 0.6) is 0 Å². The van der Waals surface area contributed by atoms with Gasteiger partial charge in [0.2, 0.25) is 0 Å². The normalized spacial score (nSPS) is 20.9. The predicted molar refractivity (Wildman–Crippen MR) is 88.1 cm³/mol. The Morgan fingerprint density at radius 2 is 1.81 bits per heavy atom. The average molecular weight is 309 g/mol. The molecule has 0 radical (unpaired) electrons. The molecule has 0 aromatic heterocycles. The lowest BCUT2D eigenvalue weighted by atomic mass is 9.73. The van der Waals surface area contributed by atoms with E-state index in [0.29, 0.717) is 5.41 Å². The number of aryl methyl sites for hydroxylation is 1. The Kier molecular flexibility index (Phi) is 5.28. The van der Waals surface area contributed by atoms with E-state index in [2.05, 4.69) is 17.1 Å². The van der Waals surface area contributed by atoms with E-state index in [9.17, 15) is 4.79 Å². The van der Waals surface area contributed by atoms with Gasteiger partial charge in [0.05, 0.1) is 0 Å². The number of likely N-dealkylation sites (tertiary alicyclic amines) is 1. The molecule has 2 aliphatic rings. The predicted octanol–water partition coefficient (Wildman–Crippen LogP) is 3.02. The molecular weight excluding hydrogens is 284 g/mol. The van der Waals surface area contributed by atoms with Crippen LogP contribution in [0.25, 0.3) is 0 Å². The lowest BCUT2D eigenvalue weighted by Crippen LogP contribution is -2.50. The molecule has 0 saturated carbocycles. The van der Waals surface area contributed by atoms with E-state index >= 15 is 0 Å². The molecular formula is C17H25ClN2O. The van der Waals surface area contributed by atoms with Gasteiger partial charge >= 0.3 is 0 Å². The molecule has 1 N–H and O–H groups in total. The standard InChI is InChI=1S/C17H24N2O.ClH/c1-14-3-5-15(6-4-14)16(20)19-12-2-7-17(13-19)8-10-18-11-9-17;/h3-6,18H,2,7-13H2,1H3;1H. The van der Waals surface area contributed by atoms with Crippen LogP contribution in [0.2, 0.25) is 0 Å². The van der Waals surface area contributed by atoms with Crippen molar-refractivity contribution in [3.05, 3.63) is 35.4 Å². The molecule has 3 nitrogen and oxygen atoms in total. The van der Waals surface area contributed by atoms with Crippen LogP contribution in [0, 0.1) is 12.3 Å². The fourth-order valence-corrected chi connectivity index (χ4v) is 3.63. The second-order valence-electron chi connectivity index (χ2n) is 6.45. The van der Waals surface area contributed by atoms with Gasteiger partial charge in [0.1, 0.15) is 0 Å². The van der Waals surface area contributed by atoms with Crippen molar-refractivity contribution in [1.29, 1.82) is 0 Å². The zero-order valence-electron chi connectivity index (χ0n) is 12.7. The highest BCUT2D eigenvalue weighted by Gasteiger charge is 2.37. The van der Waals surface area contributed by atoms with Crippen LogP contribution in [-0.2, 0) is 0 Å². The summed E-state index contributed by atoms with van der Waals surface area (Å²) in [5.74, 6) is 0.211. The summed E-state index contributed by atoms with van der Waals surface area (Å²) in [4.78, 5) is 14.7. The van der Waals surface area contributed by atoms with Crippen molar-refractivity contribution in [1.82, 2.24) is 10.2 Å². The van der Waals surface area contributed by atoms with Crippen molar-refractivity contribution in [3.63, 3.8) is 0 Å². The first kappa shape index (κ1) is 16.3. The number of amides is 1. The van der Waals surface area contributed by atoms with Gasteiger partial charge in [-0.15, -0.1) is 12.4 Å². The number of carbonyl (C=O) groups excluding carboxylic acids is 1. The number of piperidine rings is 2. The summed E-state index contributed by atoms with van der Waals surface area (Å²) in [5.41, 5.74) is 2.42. The van der Waals surface area contributed by atoms with Crippen LogP contribution in [0.15, 0.2) is 24.3 Å². The fraction of sp³-hybridized carbons (Fsp3) is 0.588. The van der Waals surface area contributed by atoms with Gasteiger partial charge in [0.25, 0.3) is 5.91 Å². The molecule has 1 aromatic rings. The Balaban J connectivity index is 0.00000161. The summed E-state index contributed by atoms with van der Waals surface area (Å²) >= 11 is 0. The van der Waals surface area contributed by atoms with Crippen LogP contribution in [-0.4, -0.2) is 37.0 Å². The number of benzene rings is 1. The zero-order valence-corrected chi connectivity index (χ0v) is 13.5. The number of nitrogens with one attached hydrogen (secondary N) is 1. The molecule has 1 amide bonds. The van der Waals surface area contributed by atoms with Gasteiger partial charge in [-0.05, 0) is 63.2 Å². The Morgan fingerprint density at radius 3 is 2.48 bits per heavy atom. The second-order valence-corrected chi connectivity index (χ2v) is 6.45. The number of nitrogens with zero attached hydrogens (tertiary/aromatic N) is 1. The molecule has 1 aromatic carbocycles. The van der Waals surface area contributed by atoms with E-state index in [1.165, 1.54) is 24.8 Å². The highest BCUT2D eigenvalue weighted by atomic mass is 35.5. The zero-order chi connectivity index (χ0) is 14.0. The molecule has 2 fully saturated rings. The summed E-state index contributed by atoms with van der Waals surface area (Å²) in [6, 6.07) is 7.97. The van der Waals surface area contributed by atoms with Crippen molar-refractivity contribution >= 4 is 18.3 Å². The Morgan fingerprint density at radius 1 is 1.14 bits per heavy atom. The Bertz CT molecular complexity index is 475. The summed E-state index contributed by atoms with van der Waals surface area (Å²) in [5, 5.41) is 3.43. The minimum absolute atomic E-state index is 0. The third-order valence-corrected chi connectivity index (χ3v) is 4.91. The van der Waals surface area contributed by atoms with Gasteiger partial charge in [0, 0.05) is 18.7 Å². The van der Waals surface area contributed by atoms with Crippen molar-refractivity contribution in [2.24, 2.45) is 5.41 Å². The molecule has 3 rings (SSSR count). The number of carbonyl (C=O) groups is 1. The van der Waals surface area contributed by atoms with E-state index in [0.717, 1.165) is 38.2 Å². The number of hydrogen-bond acceptors (Lipinski definition) is 2. The molecule has 116 valence electrons. The largest absolute Gasteiger partial charge is 0.338 e. The Labute approximate surface area is 133 Å². The third-order valence-electron chi connectivity index (χ3n) is 4.91. The molecule has 21 heavy (non-hydrogen) atoms. The molecule has 2 saturated heterocycles. The molecule has 2 heterocycles. The van der Waals surface area contributed by atoms with Crippen LogP contribution in [0.4, 0.5) is 0 Å². The minimum Gasteiger partial charge on any atom is -0.338 e. The van der Waals surface area contributed by atoms with Crippen molar-refractivity contribution < 1.29 is 4.79 Å². The summed E-state index contributed by atoms with van der Waals surface area (Å²) in [6.07, 6.45) is 4.86. The first-order valence-corrected chi connectivity index (χ1v) is 7.75. The van der Waals surface area contributed by atoms with Crippen LogP contribution in [0.1, 0.15) is 41.6 Å². The molecule has 4 heteroatoms. The number of halogens is 1. The van der Waals surface area contributed by atoms with E-state index in [-0.39, 0.29) is 18.3 Å². The maximum atomic E-state index is 12.6. The van der Waals surface area contributed by atoms with Gasteiger partial charge in [-0.2, -0.15) is 0 Å². The van der Waals surface area contributed by atoms with E-state index < -0.39 is 0 Å². The first-order chi connectivity index (χ1) is 9.69. The molecule has 2 aliphatic heterocycles. The van der Waals surface area contributed by atoms with Gasteiger partial charge < -0.3 is 10.2 Å². The molecule has 0 bridgehead atoms.